The van der Waals surface area contributed by atoms with Crippen LogP contribution < -0.4 is 5.32 Å². The van der Waals surface area contributed by atoms with E-state index in [0.29, 0.717) is 0 Å². The van der Waals surface area contributed by atoms with E-state index in [4.69, 9.17) is 0 Å². The van der Waals surface area contributed by atoms with E-state index >= 15 is 0 Å². The fraction of sp³-hybridized carbons (Fsp3) is 0.333. The van der Waals surface area contributed by atoms with Crippen molar-refractivity contribution in [2.45, 2.75) is 20.4 Å². The smallest absolute Gasteiger partial charge is 0.0721 e. The van der Waals surface area contributed by atoms with E-state index in [1.165, 1.54) is 0 Å². The monoisotopic (exact) mass is 216 g/mol. The number of aromatic nitrogens is 3. The lowest BCUT2D eigenvalue weighted by Crippen LogP contribution is -2.14. The second-order valence-corrected chi connectivity index (χ2v) is 3.75. The number of hydrogen-bond acceptors (Lipinski definition) is 3. The number of rotatable bonds is 4. The van der Waals surface area contributed by atoms with Crippen molar-refractivity contribution in [1.29, 1.82) is 0 Å². The van der Waals surface area contributed by atoms with Gasteiger partial charge in [-0.3, -0.25) is 4.98 Å². The highest BCUT2D eigenvalue weighted by molar-refractivity contribution is 5.38. The number of aryl methyl sites for hydroxylation is 1. The molecule has 0 saturated carbocycles. The zero-order valence-electron chi connectivity index (χ0n) is 9.64. The molecule has 84 valence electrons. The van der Waals surface area contributed by atoms with Gasteiger partial charge in [-0.2, -0.15) is 5.10 Å². The lowest BCUT2D eigenvalue weighted by atomic mass is 10.2. The summed E-state index contributed by atoms with van der Waals surface area (Å²) in [5.41, 5.74) is 3.41. The molecule has 0 radical (unpaired) electrons. The molecule has 0 fully saturated rings. The Hall–Kier alpha value is -1.68. The molecule has 2 aromatic rings. The highest BCUT2D eigenvalue weighted by Crippen LogP contribution is 2.12. The Labute approximate surface area is 95.3 Å². The third-order valence-electron chi connectivity index (χ3n) is 2.40. The van der Waals surface area contributed by atoms with Crippen LogP contribution in [0.1, 0.15) is 18.1 Å². The maximum atomic E-state index is 4.32. The second-order valence-electron chi connectivity index (χ2n) is 3.75. The van der Waals surface area contributed by atoms with Gasteiger partial charge in [0.15, 0.2) is 0 Å². The van der Waals surface area contributed by atoms with E-state index in [2.05, 4.69) is 22.3 Å². The van der Waals surface area contributed by atoms with Gasteiger partial charge < -0.3 is 5.32 Å². The van der Waals surface area contributed by atoms with Crippen LogP contribution in [0.25, 0.3) is 5.69 Å². The first-order valence-corrected chi connectivity index (χ1v) is 5.46. The number of hydrogen-bond donors (Lipinski definition) is 1. The Morgan fingerprint density at radius 3 is 2.94 bits per heavy atom. The van der Waals surface area contributed by atoms with Crippen molar-refractivity contribution < 1.29 is 0 Å². The molecular formula is C12H16N4. The third-order valence-corrected chi connectivity index (χ3v) is 2.40. The summed E-state index contributed by atoms with van der Waals surface area (Å²) in [6.07, 6.45) is 7.55. The van der Waals surface area contributed by atoms with Gasteiger partial charge >= 0.3 is 0 Å². The maximum Gasteiger partial charge on any atom is 0.0721 e. The Kier molecular flexibility index (Phi) is 3.31. The molecule has 16 heavy (non-hydrogen) atoms. The van der Waals surface area contributed by atoms with Gasteiger partial charge in [0, 0.05) is 30.7 Å². The summed E-state index contributed by atoms with van der Waals surface area (Å²) < 4.78 is 1.89. The van der Waals surface area contributed by atoms with Crippen LogP contribution in [0.2, 0.25) is 0 Å². The Bertz CT molecular complexity index is 462. The van der Waals surface area contributed by atoms with Crippen LogP contribution in [0.4, 0.5) is 0 Å². The molecule has 2 heterocycles. The second kappa shape index (κ2) is 4.90. The summed E-state index contributed by atoms with van der Waals surface area (Å²) in [6.45, 7) is 5.90. The maximum absolute atomic E-state index is 4.32. The summed E-state index contributed by atoms with van der Waals surface area (Å²) in [6, 6.07) is 1.99. The SMILES string of the molecule is CCNCc1cnccc1-n1cc(C)cn1. The van der Waals surface area contributed by atoms with Crippen molar-refractivity contribution >= 4 is 0 Å². The standard InChI is InChI=1S/C12H16N4/c1-3-13-7-11-8-14-5-4-12(11)16-9-10(2)6-15-16/h4-6,8-9,13H,3,7H2,1-2H3. The normalized spacial score (nSPS) is 10.6. The van der Waals surface area contributed by atoms with E-state index in [0.717, 1.165) is 29.9 Å². The van der Waals surface area contributed by atoms with E-state index in [1.807, 2.05) is 36.3 Å². The first kappa shape index (κ1) is 10.8. The molecule has 4 nitrogen and oxygen atoms in total. The first-order chi connectivity index (χ1) is 7.81. The highest BCUT2D eigenvalue weighted by atomic mass is 15.3. The molecule has 0 aliphatic rings. The van der Waals surface area contributed by atoms with E-state index in [-0.39, 0.29) is 0 Å². The van der Waals surface area contributed by atoms with Gasteiger partial charge in [0.2, 0.25) is 0 Å². The summed E-state index contributed by atoms with van der Waals surface area (Å²) in [4.78, 5) is 4.15. The fourth-order valence-electron chi connectivity index (χ4n) is 1.58. The van der Waals surface area contributed by atoms with Gasteiger partial charge in [-0.05, 0) is 25.1 Å². The molecular weight excluding hydrogens is 200 g/mol. The molecule has 0 saturated heterocycles. The molecule has 0 aromatic carbocycles. The third kappa shape index (κ3) is 2.28. The summed E-state index contributed by atoms with van der Waals surface area (Å²) in [5, 5.41) is 7.62. The zero-order chi connectivity index (χ0) is 11.4. The molecule has 0 unspecified atom stereocenters. The summed E-state index contributed by atoms with van der Waals surface area (Å²) >= 11 is 0. The molecule has 0 spiro atoms. The number of pyridine rings is 1. The molecule has 2 rings (SSSR count). The first-order valence-electron chi connectivity index (χ1n) is 5.46. The fourth-order valence-corrected chi connectivity index (χ4v) is 1.58. The minimum atomic E-state index is 0.818. The number of nitrogens with zero attached hydrogens (tertiary/aromatic N) is 3. The van der Waals surface area contributed by atoms with Gasteiger partial charge in [0.1, 0.15) is 0 Å². The predicted octanol–water partition coefficient (Wildman–Crippen LogP) is 1.69. The number of nitrogens with one attached hydrogen (secondary N) is 1. The van der Waals surface area contributed by atoms with Crippen molar-refractivity contribution in [3.8, 4) is 5.69 Å². The van der Waals surface area contributed by atoms with Crippen LogP contribution in [0.5, 0.6) is 0 Å². The van der Waals surface area contributed by atoms with Crippen LogP contribution in [-0.2, 0) is 6.54 Å². The van der Waals surface area contributed by atoms with Crippen LogP contribution in [0.3, 0.4) is 0 Å². The Balaban J connectivity index is 2.32. The summed E-state index contributed by atoms with van der Waals surface area (Å²) in [5.74, 6) is 0. The predicted molar refractivity (Wildman–Crippen MR) is 63.5 cm³/mol. The van der Waals surface area contributed by atoms with Gasteiger partial charge in [-0.1, -0.05) is 6.92 Å². The molecule has 0 aliphatic heterocycles. The Morgan fingerprint density at radius 2 is 2.25 bits per heavy atom. The van der Waals surface area contributed by atoms with Gasteiger partial charge in [0.25, 0.3) is 0 Å². The molecule has 2 aromatic heterocycles. The van der Waals surface area contributed by atoms with E-state index in [1.54, 1.807) is 6.20 Å². The lowest BCUT2D eigenvalue weighted by molar-refractivity contribution is 0.714. The molecule has 4 heteroatoms. The molecule has 0 aliphatic carbocycles. The quantitative estimate of drug-likeness (QED) is 0.845. The average molecular weight is 216 g/mol. The van der Waals surface area contributed by atoms with Crippen LogP contribution in [0.15, 0.2) is 30.9 Å². The van der Waals surface area contributed by atoms with Crippen LogP contribution in [-0.4, -0.2) is 21.3 Å². The highest BCUT2D eigenvalue weighted by Gasteiger charge is 2.04. The largest absolute Gasteiger partial charge is 0.313 e. The van der Waals surface area contributed by atoms with Crippen LogP contribution >= 0.6 is 0 Å². The van der Waals surface area contributed by atoms with Crippen molar-refractivity contribution in [3.05, 3.63) is 42.0 Å². The van der Waals surface area contributed by atoms with Gasteiger partial charge in [-0.15, -0.1) is 0 Å². The van der Waals surface area contributed by atoms with Crippen molar-refractivity contribution in [2.24, 2.45) is 0 Å². The van der Waals surface area contributed by atoms with E-state index in [9.17, 15) is 0 Å². The van der Waals surface area contributed by atoms with Crippen LogP contribution in [0, 0.1) is 6.92 Å². The topological polar surface area (TPSA) is 42.7 Å². The molecule has 1 N–H and O–H groups in total. The average Bonchev–Trinajstić information content (AvgIpc) is 2.73. The molecule has 0 amide bonds. The van der Waals surface area contributed by atoms with Crippen molar-refractivity contribution in [2.75, 3.05) is 6.54 Å². The molecule has 0 bridgehead atoms. The minimum Gasteiger partial charge on any atom is -0.313 e. The van der Waals surface area contributed by atoms with Gasteiger partial charge in [-0.25, -0.2) is 4.68 Å². The van der Waals surface area contributed by atoms with E-state index < -0.39 is 0 Å². The Morgan fingerprint density at radius 1 is 1.38 bits per heavy atom. The molecule has 0 atom stereocenters. The summed E-state index contributed by atoms with van der Waals surface area (Å²) in [7, 11) is 0. The minimum absolute atomic E-state index is 0.818. The lowest BCUT2D eigenvalue weighted by Gasteiger charge is -2.08. The zero-order valence-corrected chi connectivity index (χ0v) is 9.64. The van der Waals surface area contributed by atoms with Gasteiger partial charge in [0.05, 0.1) is 11.9 Å². The van der Waals surface area contributed by atoms with Crippen molar-refractivity contribution in [1.82, 2.24) is 20.1 Å². The van der Waals surface area contributed by atoms with Crippen molar-refractivity contribution in [3.63, 3.8) is 0 Å².